The van der Waals surface area contributed by atoms with E-state index in [0.29, 0.717) is 19.3 Å². The van der Waals surface area contributed by atoms with Crippen molar-refractivity contribution in [2.24, 2.45) is 5.92 Å². The van der Waals surface area contributed by atoms with E-state index in [0.717, 1.165) is 11.1 Å². The zero-order chi connectivity index (χ0) is 24.2. The molecule has 3 atom stereocenters. The second-order valence-corrected chi connectivity index (χ2v) is 8.42. The first-order valence-corrected chi connectivity index (χ1v) is 11.7. The molecule has 0 unspecified atom stereocenters. The number of amides is 2. The third kappa shape index (κ3) is 8.15. The molecule has 3 N–H and O–H groups in total. The first kappa shape index (κ1) is 25.2. The number of aliphatic hydroxyl groups is 1. The molecule has 2 aromatic carbocycles. The second kappa shape index (κ2) is 13.3. The highest BCUT2D eigenvalue weighted by Crippen LogP contribution is 2.19. The lowest BCUT2D eigenvalue weighted by atomic mass is 9.98. The van der Waals surface area contributed by atoms with Gasteiger partial charge in [-0.15, -0.1) is 0 Å². The van der Waals surface area contributed by atoms with Crippen molar-refractivity contribution in [2.45, 2.75) is 44.2 Å². The van der Waals surface area contributed by atoms with Crippen molar-refractivity contribution >= 4 is 17.8 Å². The van der Waals surface area contributed by atoms with Crippen LogP contribution >= 0.6 is 0 Å². The van der Waals surface area contributed by atoms with E-state index in [9.17, 15) is 19.5 Å². The minimum absolute atomic E-state index is 0.00272. The van der Waals surface area contributed by atoms with Crippen LogP contribution in [-0.2, 0) is 25.5 Å². The Morgan fingerprint density at radius 1 is 1.06 bits per heavy atom. The summed E-state index contributed by atoms with van der Waals surface area (Å²) in [7, 11) is 0. The number of hydrogen-bond acceptors (Lipinski definition) is 5. The van der Waals surface area contributed by atoms with Crippen molar-refractivity contribution < 1.29 is 24.2 Å². The van der Waals surface area contributed by atoms with Gasteiger partial charge in [-0.3, -0.25) is 14.4 Å². The van der Waals surface area contributed by atoms with Gasteiger partial charge in [-0.25, -0.2) is 0 Å². The molecular formula is C27H32N2O5. The standard InChI is InChI=1S/C27H32N2O5/c30-19-23(16-20-10-4-1-5-11-20)29-25(31)17-22-14-8-3-9-15-26(32)34-24(18-28-27(22)33)21-12-6-2-7-13-21/h1-8,10-13,22-24,30H,9,14-19H2,(H,28,33)(H,29,31)/t22-,23+,24-/m1/s1. The molecule has 2 aromatic rings. The summed E-state index contributed by atoms with van der Waals surface area (Å²) in [6.07, 6.45) is 4.70. The molecule has 0 aliphatic carbocycles. The molecule has 3 rings (SSSR count). The summed E-state index contributed by atoms with van der Waals surface area (Å²) in [4.78, 5) is 37.9. The number of aliphatic hydroxyl groups excluding tert-OH is 1. The summed E-state index contributed by atoms with van der Waals surface area (Å²) in [6, 6.07) is 18.5. The van der Waals surface area contributed by atoms with Crippen LogP contribution in [0.25, 0.3) is 0 Å². The zero-order valence-electron chi connectivity index (χ0n) is 19.2. The van der Waals surface area contributed by atoms with Crippen molar-refractivity contribution in [1.82, 2.24) is 10.6 Å². The number of benzene rings is 2. The fourth-order valence-electron chi connectivity index (χ4n) is 3.88. The van der Waals surface area contributed by atoms with E-state index in [1.807, 2.05) is 72.8 Å². The number of carbonyl (C=O) groups is 3. The van der Waals surface area contributed by atoms with Crippen LogP contribution in [0.2, 0.25) is 0 Å². The Labute approximate surface area is 200 Å². The van der Waals surface area contributed by atoms with Crippen molar-refractivity contribution in [1.29, 1.82) is 0 Å². The summed E-state index contributed by atoms with van der Waals surface area (Å²) >= 11 is 0. The lowest BCUT2D eigenvalue weighted by Crippen LogP contribution is -2.42. The van der Waals surface area contributed by atoms with Crippen LogP contribution in [0.3, 0.4) is 0 Å². The predicted molar refractivity (Wildman–Crippen MR) is 129 cm³/mol. The van der Waals surface area contributed by atoms with Crippen LogP contribution in [-0.4, -0.2) is 42.1 Å². The largest absolute Gasteiger partial charge is 0.456 e. The Bertz CT molecular complexity index is 962. The first-order chi connectivity index (χ1) is 16.5. The molecule has 1 aliphatic rings. The number of carbonyl (C=O) groups excluding carboxylic acids is 3. The summed E-state index contributed by atoms with van der Waals surface area (Å²) in [5.74, 6) is -1.46. The average Bonchev–Trinajstić information content (AvgIpc) is 2.85. The summed E-state index contributed by atoms with van der Waals surface area (Å²) in [6.45, 7) is -0.0643. The van der Waals surface area contributed by atoms with Gasteiger partial charge in [0, 0.05) is 12.8 Å². The smallest absolute Gasteiger partial charge is 0.306 e. The Kier molecular flexibility index (Phi) is 9.85. The minimum Gasteiger partial charge on any atom is -0.456 e. The van der Waals surface area contributed by atoms with Crippen molar-refractivity contribution in [3.63, 3.8) is 0 Å². The monoisotopic (exact) mass is 464 g/mol. The van der Waals surface area contributed by atoms with Crippen LogP contribution in [0.4, 0.5) is 0 Å². The van der Waals surface area contributed by atoms with Gasteiger partial charge in [-0.2, -0.15) is 0 Å². The first-order valence-electron chi connectivity index (χ1n) is 11.7. The van der Waals surface area contributed by atoms with Gasteiger partial charge in [-0.1, -0.05) is 72.8 Å². The summed E-state index contributed by atoms with van der Waals surface area (Å²) < 4.78 is 5.60. The van der Waals surface area contributed by atoms with Crippen LogP contribution in [0.1, 0.15) is 42.9 Å². The van der Waals surface area contributed by atoms with Gasteiger partial charge in [0.15, 0.2) is 0 Å². The Hall–Kier alpha value is -3.45. The number of hydrogen-bond donors (Lipinski definition) is 3. The highest BCUT2D eigenvalue weighted by Gasteiger charge is 2.25. The maximum atomic E-state index is 13.0. The number of esters is 1. The fraction of sp³-hybridized carbons (Fsp3) is 0.370. The van der Waals surface area contributed by atoms with E-state index in [2.05, 4.69) is 10.6 Å². The number of nitrogens with one attached hydrogen (secondary N) is 2. The van der Waals surface area contributed by atoms with E-state index >= 15 is 0 Å². The Morgan fingerprint density at radius 3 is 2.47 bits per heavy atom. The normalized spacial score (nSPS) is 20.3. The Morgan fingerprint density at radius 2 is 1.76 bits per heavy atom. The lowest BCUT2D eigenvalue weighted by molar-refractivity contribution is -0.150. The predicted octanol–water partition coefficient (Wildman–Crippen LogP) is 2.85. The van der Waals surface area contributed by atoms with E-state index in [1.54, 1.807) is 0 Å². The number of ether oxygens (including phenoxy) is 1. The molecule has 34 heavy (non-hydrogen) atoms. The van der Waals surface area contributed by atoms with Crippen molar-refractivity contribution in [2.75, 3.05) is 13.2 Å². The third-order valence-corrected chi connectivity index (χ3v) is 5.72. The number of rotatable bonds is 7. The third-order valence-electron chi connectivity index (χ3n) is 5.72. The molecule has 7 nitrogen and oxygen atoms in total. The molecule has 0 bridgehead atoms. The average molecular weight is 465 g/mol. The molecule has 0 saturated carbocycles. The molecule has 0 spiro atoms. The lowest BCUT2D eigenvalue weighted by Gasteiger charge is -2.22. The van der Waals surface area contributed by atoms with Gasteiger partial charge >= 0.3 is 5.97 Å². The van der Waals surface area contributed by atoms with Crippen molar-refractivity contribution in [3.05, 3.63) is 83.9 Å². The van der Waals surface area contributed by atoms with Gasteiger partial charge < -0.3 is 20.5 Å². The highest BCUT2D eigenvalue weighted by molar-refractivity contribution is 5.86. The maximum absolute atomic E-state index is 13.0. The minimum atomic E-state index is -0.597. The van der Waals surface area contributed by atoms with Crippen LogP contribution in [0, 0.1) is 5.92 Å². The molecule has 1 aliphatic heterocycles. The van der Waals surface area contributed by atoms with E-state index < -0.39 is 18.1 Å². The molecule has 2 amide bonds. The molecule has 0 aromatic heterocycles. The molecule has 0 saturated heterocycles. The van der Waals surface area contributed by atoms with Crippen LogP contribution < -0.4 is 10.6 Å². The van der Waals surface area contributed by atoms with Crippen LogP contribution in [0.5, 0.6) is 0 Å². The van der Waals surface area contributed by atoms with E-state index in [-0.39, 0.29) is 43.8 Å². The van der Waals surface area contributed by atoms with Crippen molar-refractivity contribution in [3.8, 4) is 0 Å². The quantitative estimate of drug-likeness (QED) is 0.432. The molecule has 0 radical (unpaired) electrons. The Balaban J connectivity index is 1.64. The second-order valence-electron chi connectivity index (χ2n) is 8.42. The summed E-state index contributed by atoms with van der Waals surface area (Å²) in [5.41, 5.74) is 1.81. The number of cyclic esters (lactones) is 1. The highest BCUT2D eigenvalue weighted by atomic mass is 16.5. The topological polar surface area (TPSA) is 105 Å². The van der Waals surface area contributed by atoms with Gasteiger partial charge in [0.05, 0.1) is 25.1 Å². The van der Waals surface area contributed by atoms with E-state index in [4.69, 9.17) is 4.74 Å². The molecule has 7 heteroatoms. The molecule has 0 fully saturated rings. The van der Waals surface area contributed by atoms with Gasteiger partial charge in [0.2, 0.25) is 11.8 Å². The molecule has 1 heterocycles. The zero-order valence-corrected chi connectivity index (χ0v) is 19.2. The summed E-state index contributed by atoms with van der Waals surface area (Å²) in [5, 5.41) is 15.4. The maximum Gasteiger partial charge on any atom is 0.306 e. The fourth-order valence-corrected chi connectivity index (χ4v) is 3.88. The van der Waals surface area contributed by atoms with Gasteiger partial charge in [0.25, 0.3) is 0 Å². The van der Waals surface area contributed by atoms with E-state index in [1.165, 1.54) is 0 Å². The van der Waals surface area contributed by atoms with Crippen LogP contribution in [0.15, 0.2) is 72.8 Å². The molecule has 180 valence electrons. The number of allylic oxidation sites excluding steroid dienone is 2. The van der Waals surface area contributed by atoms with Gasteiger partial charge in [0.1, 0.15) is 6.10 Å². The van der Waals surface area contributed by atoms with Gasteiger partial charge in [-0.05, 0) is 30.4 Å². The molecular weight excluding hydrogens is 432 g/mol. The SMILES string of the molecule is O=C(C[C@H]1CC=CCCC(=O)O[C@@H](c2ccccc2)CNC1=O)N[C@H](CO)Cc1ccccc1.